The van der Waals surface area contributed by atoms with E-state index >= 15 is 0 Å². The smallest absolute Gasteiger partial charge is 0.322 e. The minimum atomic E-state index is -1.04. The number of primary amides is 1. The lowest BCUT2D eigenvalue weighted by atomic mass is 10.3. The highest BCUT2D eigenvalue weighted by Gasteiger charge is 2.03. The van der Waals surface area contributed by atoms with Crippen LogP contribution in [0.1, 0.15) is 12.8 Å². The minimum Gasteiger partial charge on any atom is -0.494 e. The van der Waals surface area contributed by atoms with Crippen molar-refractivity contribution < 1.29 is 24.2 Å². The molecular weight excluding hydrogens is 264 g/mol. The van der Waals surface area contributed by atoms with Gasteiger partial charge in [-0.2, -0.15) is 0 Å². The Morgan fingerprint density at radius 3 is 2.45 bits per heavy atom. The maximum Gasteiger partial charge on any atom is 0.322 e. The van der Waals surface area contributed by atoms with Gasteiger partial charge in [-0.1, -0.05) is 18.2 Å². The molecule has 0 unspecified atom stereocenters. The lowest BCUT2D eigenvalue weighted by Gasteiger charge is -2.05. The second kappa shape index (κ2) is 11.5. The van der Waals surface area contributed by atoms with E-state index in [0.29, 0.717) is 13.0 Å². The lowest BCUT2D eigenvalue weighted by Crippen LogP contribution is -2.29. The number of carbonyl (C=O) groups excluding carboxylic acids is 2. The van der Waals surface area contributed by atoms with Crippen LogP contribution in [0.25, 0.3) is 0 Å². The zero-order chi connectivity index (χ0) is 15.2. The van der Waals surface area contributed by atoms with Crippen LogP contribution in [0.4, 0.5) is 0 Å². The minimum absolute atomic E-state index is 0.250. The highest BCUT2D eigenvalue weighted by molar-refractivity contribution is 5.80. The average Bonchev–Trinajstić information content (AvgIpc) is 2.43. The molecule has 0 saturated heterocycles. The Labute approximate surface area is 116 Å². The third-order valence-corrected chi connectivity index (χ3v) is 2.00. The van der Waals surface area contributed by atoms with Crippen molar-refractivity contribution in [1.29, 1.82) is 0 Å². The summed E-state index contributed by atoms with van der Waals surface area (Å²) in [7, 11) is 0. The van der Waals surface area contributed by atoms with Crippen molar-refractivity contribution in [1.82, 2.24) is 5.32 Å². The van der Waals surface area contributed by atoms with Crippen molar-refractivity contribution in [3.63, 3.8) is 0 Å². The van der Waals surface area contributed by atoms with Crippen molar-refractivity contribution in [2.24, 2.45) is 5.73 Å². The van der Waals surface area contributed by atoms with E-state index in [1.165, 1.54) is 0 Å². The number of carboxylic acid groups (broad SMARTS) is 1. The van der Waals surface area contributed by atoms with Gasteiger partial charge in [0.15, 0.2) is 0 Å². The monoisotopic (exact) mass is 282 g/mol. The summed E-state index contributed by atoms with van der Waals surface area (Å²) in [6, 6.07) is 9.31. The van der Waals surface area contributed by atoms with Gasteiger partial charge in [-0.05, 0) is 18.6 Å². The van der Waals surface area contributed by atoms with E-state index in [-0.39, 0.29) is 25.3 Å². The van der Waals surface area contributed by atoms with Crippen molar-refractivity contribution in [2.75, 3.05) is 13.2 Å². The fraction of sp³-hybridized carbons (Fsp3) is 0.308. The topological polar surface area (TPSA) is 119 Å². The fourth-order valence-electron chi connectivity index (χ4n) is 1.20. The van der Waals surface area contributed by atoms with Crippen LogP contribution in [0.3, 0.4) is 0 Å². The third kappa shape index (κ3) is 10.6. The zero-order valence-corrected chi connectivity index (χ0v) is 11.0. The molecule has 0 saturated carbocycles. The van der Waals surface area contributed by atoms with Crippen molar-refractivity contribution >= 4 is 18.3 Å². The fourth-order valence-corrected chi connectivity index (χ4v) is 1.20. The highest BCUT2D eigenvalue weighted by Crippen LogP contribution is 2.08. The predicted octanol–water partition coefficient (Wildman–Crippen LogP) is 0.148. The lowest BCUT2D eigenvalue weighted by molar-refractivity contribution is -0.138. The van der Waals surface area contributed by atoms with Crippen molar-refractivity contribution in [3.05, 3.63) is 30.3 Å². The Balaban J connectivity index is 0.00000110. The molecule has 1 rings (SSSR count). The van der Waals surface area contributed by atoms with E-state index in [0.717, 1.165) is 5.75 Å². The Kier molecular flexibility index (Phi) is 10.0. The van der Waals surface area contributed by atoms with Crippen molar-refractivity contribution in [2.45, 2.75) is 12.8 Å². The molecule has 0 heterocycles. The molecule has 1 aromatic carbocycles. The first-order chi connectivity index (χ1) is 9.60. The van der Waals surface area contributed by atoms with Crippen LogP contribution in [0, 0.1) is 0 Å². The Hall–Kier alpha value is -2.57. The van der Waals surface area contributed by atoms with E-state index in [9.17, 15) is 9.59 Å². The number of aliphatic carboxylic acids is 1. The van der Waals surface area contributed by atoms with Crippen LogP contribution in [0.5, 0.6) is 5.75 Å². The molecule has 1 aromatic rings. The number of para-hydroxylation sites is 1. The maximum absolute atomic E-state index is 11.1. The normalized spacial score (nSPS) is 8.80. The van der Waals surface area contributed by atoms with Gasteiger partial charge in [0.25, 0.3) is 0 Å². The number of nitrogens with two attached hydrogens (primary N) is 1. The Morgan fingerprint density at radius 2 is 1.90 bits per heavy atom. The number of nitrogens with one attached hydrogen (secondary N) is 1. The van der Waals surface area contributed by atoms with Gasteiger partial charge in [0, 0.05) is 6.42 Å². The van der Waals surface area contributed by atoms with E-state index in [2.05, 4.69) is 11.1 Å². The van der Waals surface area contributed by atoms with Gasteiger partial charge in [0.1, 0.15) is 12.3 Å². The molecule has 0 spiro atoms. The molecule has 0 aliphatic rings. The molecule has 4 N–H and O–H groups in total. The molecule has 2 amide bonds. The van der Waals surface area contributed by atoms with E-state index in [4.69, 9.17) is 14.6 Å². The molecule has 0 fully saturated rings. The Bertz CT molecular complexity index is 408. The molecule has 0 radical (unpaired) electrons. The first-order valence-corrected chi connectivity index (χ1v) is 5.92. The molecule has 7 heteroatoms. The van der Waals surface area contributed by atoms with Crippen LogP contribution >= 0.6 is 0 Å². The van der Waals surface area contributed by atoms with Gasteiger partial charge < -0.3 is 20.9 Å². The second-order valence-electron chi connectivity index (χ2n) is 3.57. The first kappa shape index (κ1) is 17.4. The third-order valence-electron chi connectivity index (χ3n) is 2.00. The summed E-state index contributed by atoms with van der Waals surface area (Å²) in [5, 5.41) is 10.6. The molecule has 0 bridgehead atoms. The summed E-state index contributed by atoms with van der Waals surface area (Å²) in [6.07, 6.45) is 1.07. The summed E-state index contributed by atoms with van der Waals surface area (Å²) >= 11 is 0. The summed E-state index contributed by atoms with van der Waals surface area (Å²) in [5.74, 6) is -0.554. The quantitative estimate of drug-likeness (QED) is 0.486. The average molecular weight is 282 g/mol. The van der Waals surface area contributed by atoms with Gasteiger partial charge in [-0.15, -0.1) is 0 Å². The number of benzene rings is 1. The van der Waals surface area contributed by atoms with E-state index in [1.807, 2.05) is 30.3 Å². The van der Waals surface area contributed by atoms with Crippen LogP contribution in [0.2, 0.25) is 0 Å². The predicted molar refractivity (Wildman–Crippen MR) is 72.1 cm³/mol. The summed E-state index contributed by atoms with van der Waals surface area (Å²) < 4.78 is 5.39. The van der Waals surface area contributed by atoms with Crippen LogP contribution < -0.4 is 15.8 Å². The summed E-state index contributed by atoms with van der Waals surface area (Å²) in [5.41, 5.74) is 4.17. The standard InChI is InChI=1S/C12H15NO4.CH3NO/c14-11(13-9-12(15)16)7-4-8-17-10-5-2-1-3-6-10;2-1-3/h1-3,5-6H,4,7-9H2,(H,13,14)(H,15,16);1H,(H2,2,3). The van der Waals surface area contributed by atoms with Crippen LogP contribution in [0.15, 0.2) is 30.3 Å². The summed E-state index contributed by atoms with van der Waals surface area (Å²) in [4.78, 5) is 29.9. The number of rotatable bonds is 7. The summed E-state index contributed by atoms with van der Waals surface area (Å²) in [6.45, 7) is 0.100. The number of carbonyl (C=O) groups is 3. The molecule has 0 aromatic heterocycles. The van der Waals surface area contributed by atoms with Gasteiger partial charge >= 0.3 is 5.97 Å². The molecule has 0 aliphatic heterocycles. The first-order valence-electron chi connectivity index (χ1n) is 5.92. The molecule has 20 heavy (non-hydrogen) atoms. The molecule has 7 nitrogen and oxygen atoms in total. The number of ether oxygens (including phenoxy) is 1. The molecule has 0 aliphatic carbocycles. The van der Waals surface area contributed by atoms with Crippen LogP contribution in [-0.2, 0) is 14.4 Å². The van der Waals surface area contributed by atoms with Gasteiger partial charge in [0.05, 0.1) is 6.61 Å². The van der Waals surface area contributed by atoms with Gasteiger partial charge in [-0.3, -0.25) is 14.4 Å². The number of hydrogen-bond acceptors (Lipinski definition) is 4. The van der Waals surface area contributed by atoms with Gasteiger partial charge in [0.2, 0.25) is 12.3 Å². The number of amides is 2. The largest absolute Gasteiger partial charge is 0.494 e. The van der Waals surface area contributed by atoms with Crippen molar-refractivity contribution in [3.8, 4) is 5.75 Å². The zero-order valence-electron chi connectivity index (χ0n) is 11.0. The van der Waals surface area contributed by atoms with E-state index < -0.39 is 5.97 Å². The van der Waals surface area contributed by atoms with E-state index in [1.54, 1.807) is 0 Å². The Morgan fingerprint density at radius 1 is 1.30 bits per heavy atom. The van der Waals surface area contributed by atoms with Crippen LogP contribution in [-0.4, -0.2) is 36.5 Å². The number of carboxylic acids is 1. The van der Waals surface area contributed by atoms with Gasteiger partial charge in [-0.25, -0.2) is 0 Å². The molecule has 110 valence electrons. The molecular formula is C13H18N2O5. The highest BCUT2D eigenvalue weighted by atomic mass is 16.5. The molecule has 0 atom stereocenters. The number of hydrogen-bond donors (Lipinski definition) is 3. The second-order valence-corrected chi connectivity index (χ2v) is 3.57. The maximum atomic E-state index is 11.1. The SMILES string of the molecule is NC=O.O=C(O)CNC(=O)CCCOc1ccccc1.